The molecular formula is C16H20N2O2. The maximum Gasteiger partial charge on any atom is 0.250 e. The van der Waals surface area contributed by atoms with E-state index >= 15 is 0 Å². The molecular weight excluding hydrogens is 252 g/mol. The molecule has 0 aliphatic heterocycles. The van der Waals surface area contributed by atoms with Crippen LogP contribution in [0.1, 0.15) is 11.1 Å². The van der Waals surface area contributed by atoms with Crippen molar-refractivity contribution in [3.05, 3.63) is 64.1 Å². The van der Waals surface area contributed by atoms with Crippen molar-refractivity contribution in [3.63, 3.8) is 0 Å². The van der Waals surface area contributed by atoms with Crippen LogP contribution >= 0.6 is 0 Å². The fourth-order valence-corrected chi connectivity index (χ4v) is 2.08. The summed E-state index contributed by atoms with van der Waals surface area (Å²) in [5.41, 5.74) is 2.34. The summed E-state index contributed by atoms with van der Waals surface area (Å²) in [7, 11) is 1.91. The lowest BCUT2D eigenvalue weighted by Gasteiger charge is -2.13. The fraction of sp³-hybridized carbons (Fsp3) is 0.312. The first-order valence-electron chi connectivity index (χ1n) is 6.73. The van der Waals surface area contributed by atoms with Crippen LogP contribution in [0.5, 0.6) is 5.75 Å². The minimum absolute atomic E-state index is 0.00421. The summed E-state index contributed by atoms with van der Waals surface area (Å²) in [6, 6.07) is 11.3. The molecule has 0 atom stereocenters. The van der Waals surface area contributed by atoms with Gasteiger partial charge in [0.1, 0.15) is 12.4 Å². The van der Waals surface area contributed by atoms with Crippen molar-refractivity contribution >= 4 is 0 Å². The average molecular weight is 272 g/mol. The van der Waals surface area contributed by atoms with Crippen LogP contribution in [0.25, 0.3) is 0 Å². The normalized spacial score (nSPS) is 10.5. The van der Waals surface area contributed by atoms with Gasteiger partial charge in [-0.1, -0.05) is 23.8 Å². The van der Waals surface area contributed by atoms with E-state index in [9.17, 15) is 4.79 Å². The highest BCUT2D eigenvalue weighted by atomic mass is 16.5. The number of hydrogen-bond acceptors (Lipinski definition) is 3. The first-order chi connectivity index (χ1) is 9.70. The van der Waals surface area contributed by atoms with Crippen LogP contribution < -0.4 is 15.6 Å². The smallest absolute Gasteiger partial charge is 0.250 e. The van der Waals surface area contributed by atoms with E-state index in [4.69, 9.17) is 4.74 Å². The number of benzene rings is 1. The molecule has 2 rings (SSSR count). The molecule has 0 unspecified atom stereocenters. The molecule has 0 spiro atoms. The standard InChI is InChI=1S/C16H20N2O2/c1-13-6-7-15(14(11-13)12-17-2)20-10-9-18-8-4-3-5-16(18)19/h3-8,11,17H,9-10,12H2,1-2H3. The second-order valence-electron chi connectivity index (χ2n) is 4.72. The molecule has 0 amide bonds. The fourth-order valence-electron chi connectivity index (χ4n) is 2.08. The summed E-state index contributed by atoms with van der Waals surface area (Å²) in [6.07, 6.45) is 1.77. The Kier molecular flexibility index (Phi) is 4.96. The van der Waals surface area contributed by atoms with E-state index in [1.807, 2.05) is 25.2 Å². The molecule has 0 bridgehead atoms. The summed E-state index contributed by atoms with van der Waals surface area (Å²) in [4.78, 5) is 11.6. The van der Waals surface area contributed by atoms with Gasteiger partial charge in [0, 0.05) is 24.4 Å². The number of hydrogen-bond donors (Lipinski definition) is 1. The Hall–Kier alpha value is -2.07. The number of aromatic nitrogens is 1. The van der Waals surface area contributed by atoms with Crippen molar-refractivity contribution < 1.29 is 4.74 Å². The Balaban J connectivity index is 2.01. The van der Waals surface area contributed by atoms with Gasteiger partial charge in [-0.2, -0.15) is 0 Å². The van der Waals surface area contributed by atoms with Gasteiger partial charge in [-0.3, -0.25) is 4.79 Å². The van der Waals surface area contributed by atoms with Gasteiger partial charge in [0.15, 0.2) is 0 Å². The molecule has 1 N–H and O–H groups in total. The van der Waals surface area contributed by atoms with Crippen LogP contribution in [0.4, 0.5) is 0 Å². The van der Waals surface area contributed by atoms with Gasteiger partial charge in [-0.25, -0.2) is 0 Å². The van der Waals surface area contributed by atoms with Gasteiger partial charge in [0.2, 0.25) is 0 Å². The summed E-state index contributed by atoms with van der Waals surface area (Å²) in [6.45, 7) is 3.85. The maximum atomic E-state index is 11.6. The highest BCUT2D eigenvalue weighted by Crippen LogP contribution is 2.19. The van der Waals surface area contributed by atoms with Crippen molar-refractivity contribution in [2.75, 3.05) is 13.7 Å². The van der Waals surface area contributed by atoms with E-state index in [1.165, 1.54) is 5.56 Å². The minimum Gasteiger partial charge on any atom is -0.491 e. The highest BCUT2D eigenvalue weighted by Gasteiger charge is 2.03. The van der Waals surface area contributed by atoms with Gasteiger partial charge >= 0.3 is 0 Å². The van der Waals surface area contributed by atoms with E-state index in [-0.39, 0.29) is 5.56 Å². The highest BCUT2D eigenvalue weighted by molar-refractivity contribution is 5.36. The van der Waals surface area contributed by atoms with E-state index in [2.05, 4.69) is 18.3 Å². The summed E-state index contributed by atoms with van der Waals surface area (Å²) in [5, 5.41) is 3.13. The molecule has 1 aromatic carbocycles. The average Bonchev–Trinajstić information content (AvgIpc) is 2.43. The van der Waals surface area contributed by atoms with Gasteiger partial charge in [0.25, 0.3) is 5.56 Å². The first-order valence-corrected chi connectivity index (χ1v) is 6.73. The Morgan fingerprint density at radius 3 is 2.85 bits per heavy atom. The second kappa shape index (κ2) is 6.91. The zero-order valence-corrected chi connectivity index (χ0v) is 11.9. The SMILES string of the molecule is CNCc1cc(C)ccc1OCCn1ccccc1=O. The van der Waals surface area contributed by atoms with E-state index in [0.29, 0.717) is 13.2 Å². The Morgan fingerprint density at radius 2 is 2.10 bits per heavy atom. The lowest BCUT2D eigenvalue weighted by Crippen LogP contribution is -2.21. The molecule has 0 aliphatic rings. The molecule has 4 heteroatoms. The Bertz CT molecular complexity index is 620. The molecule has 106 valence electrons. The van der Waals surface area contributed by atoms with E-state index in [0.717, 1.165) is 17.9 Å². The second-order valence-corrected chi connectivity index (χ2v) is 4.72. The third kappa shape index (κ3) is 3.71. The molecule has 0 radical (unpaired) electrons. The number of nitrogens with zero attached hydrogens (tertiary/aromatic N) is 1. The lowest BCUT2D eigenvalue weighted by molar-refractivity contribution is 0.293. The molecule has 1 heterocycles. The van der Waals surface area contributed by atoms with Gasteiger partial charge in [-0.05, 0) is 26.1 Å². The van der Waals surface area contributed by atoms with Crippen LogP contribution in [0.3, 0.4) is 0 Å². The van der Waals surface area contributed by atoms with E-state index in [1.54, 1.807) is 22.9 Å². The predicted octanol–water partition coefficient (Wildman–Crippen LogP) is 1.96. The first kappa shape index (κ1) is 14.3. The molecule has 4 nitrogen and oxygen atoms in total. The Labute approximate surface area is 119 Å². The van der Waals surface area contributed by atoms with Crippen LogP contribution in [0.15, 0.2) is 47.4 Å². The van der Waals surface area contributed by atoms with Crippen molar-refractivity contribution in [1.82, 2.24) is 9.88 Å². The summed E-state index contributed by atoms with van der Waals surface area (Å²) < 4.78 is 7.45. The summed E-state index contributed by atoms with van der Waals surface area (Å²) in [5.74, 6) is 0.869. The largest absolute Gasteiger partial charge is 0.491 e. The third-order valence-corrected chi connectivity index (χ3v) is 3.07. The van der Waals surface area contributed by atoms with Gasteiger partial charge in [0.05, 0.1) is 6.54 Å². The van der Waals surface area contributed by atoms with Crippen LogP contribution in [0.2, 0.25) is 0 Å². The molecule has 1 aromatic heterocycles. The van der Waals surface area contributed by atoms with Crippen LogP contribution in [-0.4, -0.2) is 18.2 Å². The predicted molar refractivity (Wildman–Crippen MR) is 80.1 cm³/mol. The quantitative estimate of drug-likeness (QED) is 0.874. The molecule has 0 saturated carbocycles. The van der Waals surface area contributed by atoms with Crippen molar-refractivity contribution in [1.29, 1.82) is 0 Å². The Morgan fingerprint density at radius 1 is 1.25 bits per heavy atom. The van der Waals surface area contributed by atoms with Crippen molar-refractivity contribution in [3.8, 4) is 5.75 Å². The van der Waals surface area contributed by atoms with Gasteiger partial charge < -0.3 is 14.6 Å². The number of nitrogens with one attached hydrogen (secondary N) is 1. The minimum atomic E-state index is -0.00421. The van der Waals surface area contributed by atoms with Gasteiger partial charge in [-0.15, -0.1) is 0 Å². The topological polar surface area (TPSA) is 43.3 Å². The van der Waals surface area contributed by atoms with Crippen LogP contribution in [0, 0.1) is 6.92 Å². The molecule has 0 saturated heterocycles. The monoisotopic (exact) mass is 272 g/mol. The number of rotatable bonds is 6. The van der Waals surface area contributed by atoms with Crippen LogP contribution in [-0.2, 0) is 13.1 Å². The zero-order chi connectivity index (χ0) is 14.4. The number of ether oxygens (including phenoxy) is 1. The summed E-state index contributed by atoms with van der Waals surface area (Å²) >= 11 is 0. The molecule has 20 heavy (non-hydrogen) atoms. The zero-order valence-electron chi connectivity index (χ0n) is 11.9. The van der Waals surface area contributed by atoms with Crippen molar-refractivity contribution in [2.24, 2.45) is 0 Å². The van der Waals surface area contributed by atoms with Crippen molar-refractivity contribution in [2.45, 2.75) is 20.0 Å². The van der Waals surface area contributed by atoms with E-state index < -0.39 is 0 Å². The lowest BCUT2D eigenvalue weighted by atomic mass is 10.1. The molecule has 0 fully saturated rings. The molecule has 0 aliphatic carbocycles. The third-order valence-electron chi connectivity index (χ3n) is 3.07. The molecule has 2 aromatic rings. The number of pyridine rings is 1. The number of aryl methyl sites for hydroxylation is 1. The maximum absolute atomic E-state index is 11.6.